The summed E-state index contributed by atoms with van der Waals surface area (Å²) in [7, 11) is 2.08. The summed E-state index contributed by atoms with van der Waals surface area (Å²) in [4.78, 5) is 2.58. The highest BCUT2D eigenvalue weighted by Crippen LogP contribution is 2.31. The largest absolute Gasteiger partial charge is 0.368 e. The van der Waals surface area contributed by atoms with Crippen molar-refractivity contribution in [1.29, 1.82) is 0 Å². The summed E-state index contributed by atoms with van der Waals surface area (Å²) >= 11 is 0. The molecule has 2 rings (SSSR count). The number of hydrogen-bond donors (Lipinski definition) is 1. The summed E-state index contributed by atoms with van der Waals surface area (Å²) in [5, 5.41) is 3.46. The minimum atomic E-state index is 0.594. The standard InChI is InChI=1S/C16H26N2/c1-11-7-6-8-16(12(11)2)18-10-9-15(17-5)13(3)14(18)4/h6-8,13-15,17H,9-10H2,1-5H3. The maximum atomic E-state index is 3.46. The van der Waals surface area contributed by atoms with Crippen molar-refractivity contribution in [2.45, 2.75) is 46.2 Å². The topological polar surface area (TPSA) is 15.3 Å². The first kappa shape index (κ1) is 13.4. The quantitative estimate of drug-likeness (QED) is 0.862. The zero-order valence-electron chi connectivity index (χ0n) is 12.3. The number of aryl methyl sites for hydroxylation is 1. The van der Waals surface area contributed by atoms with Crippen molar-refractivity contribution in [1.82, 2.24) is 5.32 Å². The van der Waals surface area contributed by atoms with Gasteiger partial charge in [-0.1, -0.05) is 19.1 Å². The maximum absolute atomic E-state index is 3.46. The molecule has 3 atom stereocenters. The Balaban J connectivity index is 2.27. The van der Waals surface area contributed by atoms with Crippen molar-refractivity contribution in [2.75, 3.05) is 18.5 Å². The molecule has 0 amide bonds. The lowest BCUT2D eigenvalue weighted by atomic mass is 9.86. The second kappa shape index (κ2) is 5.31. The van der Waals surface area contributed by atoms with Crippen molar-refractivity contribution in [2.24, 2.45) is 5.92 Å². The van der Waals surface area contributed by atoms with E-state index in [1.54, 1.807) is 0 Å². The Hall–Kier alpha value is -1.02. The number of nitrogens with zero attached hydrogens (tertiary/aromatic N) is 1. The monoisotopic (exact) mass is 246 g/mol. The van der Waals surface area contributed by atoms with Crippen molar-refractivity contribution in [3.8, 4) is 0 Å². The maximum Gasteiger partial charge on any atom is 0.0401 e. The lowest BCUT2D eigenvalue weighted by molar-refractivity contribution is 0.282. The van der Waals surface area contributed by atoms with Crippen molar-refractivity contribution in [3.05, 3.63) is 29.3 Å². The number of rotatable bonds is 2. The van der Waals surface area contributed by atoms with E-state index in [2.05, 4.69) is 63.2 Å². The molecule has 2 nitrogen and oxygen atoms in total. The molecule has 0 aliphatic carbocycles. The number of piperidine rings is 1. The summed E-state index contributed by atoms with van der Waals surface area (Å²) < 4.78 is 0. The van der Waals surface area contributed by atoms with Crippen LogP contribution < -0.4 is 10.2 Å². The first-order valence-electron chi connectivity index (χ1n) is 7.06. The predicted octanol–water partition coefficient (Wildman–Crippen LogP) is 3.13. The van der Waals surface area contributed by atoms with E-state index in [4.69, 9.17) is 0 Å². The molecule has 1 saturated heterocycles. The fourth-order valence-electron chi connectivity index (χ4n) is 3.16. The van der Waals surface area contributed by atoms with Gasteiger partial charge < -0.3 is 10.2 Å². The molecule has 1 aliphatic rings. The highest BCUT2D eigenvalue weighted by molar-refractivity contribution is 5.57. The molecule has 2 heteroatoms. The Labute approximate surface area is 111 Å². The molecule has 100 valence electrons. The molecule has 0 spiro atoms. The van der Waals surface area contributed by atoms with Crippen LogP contribution in [0.3, 0.4) is 0 Å². The van der Waals surface area contributed by atoms with Gasteiger partial charge in [-0.25, -0.2) is 0 Å². The summed E-state index contributed by atoms with van der Waals surface area (Å²) in [5.41, 5.74) is 4.24. The number of anilines is 1. The van der Waals surface area contributed by atoms with Gasteiger partial charge in [0.05, 0.1) is 0 Å². The van der Waals surface area contributed by atoms with Gasteiger partial charge in [0.25, 0.3) is 0 Å². The second-order valence-electron chi connectivity index (χ2n) is 5.70. The van der Waals surface area contributed by atoms with Crippen LogP contribution in [0.5, 0.6) is 0 Å². The van der Waals surface area contributed by atoms with Crippen LogP contribution in [-0.2, 0) is 0 Å². The van der Waals surface area contributed by atoms with E-state index in [9.17, 15) is 0 Å². The van der Waals surface area contributed by atoms with Gasteiger partial charge >= 0.3 is 0 Å². The Morgan fingerprint density at radius 2 is 1.94 bits per heavy atom. The van der Waals surface area contributed by atoms with Crippen molar-refractivity contribution >= 4 is 5.69 Å². The molecule has 3 unspecified atom stereocenters. The fraction of sp³-hybridized carbons (Fsp3) is 0.625. The predicted molar refractivity (Wildman–Crippen MR) is 79.4 cm³/mol. The van der Waals surface area contributed by atoms with Gasteiger partial charge in [0, 0.05) is 24.3 Å². The van der Waals surface area contributed by atoms with Gasteiger partial charge in [0.1, 0.15) is 0 Å². The van der Waals surface area contributed by atoms with E-state index in [1.807, 2.05) is 0 Å². The zero-order valence-corrected chi connectivity index (χ0v) is 12.3. The molecule has 0 aromatic heterocycles. The van der Waals surface area contributed by atoms with Crippen LogP contribution in [-0.4, -0.2) is 25.7 Å². The minimum Gasteiger partial charge on any atom is -0.368 e. The number of benzene rings is 1. The minimum absolute atomic E-state index is 0.594. The van der Waals surface area contributed by atoms with Crippen LogP contribution in [0.15, 0.2) is 18.2 Å². The van der Waals surface area contributed by atoms with Gasteiger partial charge in [-0.2, -0.15) is 0 Å². The van der Waals surface area contributed by atoms with E-state index in [1.165, 1.54) is 23.2 Å². The smallest absolute Gasteiger partial charge is 0.0401 e. The van der Waals surface area contributed by atoms with Gasteiger partial charge in [0.15, 0.2) is 0 Å². The molecule has 0 saturated carbocycles. The average molecular weight is 246 g/mol. The summed E-state index contributed by atoms with van der Waals surface area (Å²) in [6.07, 6.45) is 1.23. The highest BCUT2D eigenvalue weighted by Gasteiger charge is 2.32. The molecular formula is C16H26N2. The van der Waals surface area contributed by atoms with Crippen LogP contribution in [0.4, 0.5) is 5.69 Å². The first-order chi connectivity index (χ1) is 8.56. The van der Waals surface area contributed by atoms with Crippen molar-refractivity contribution < 1.29 is 0 Å². The third-order valence-electron chi connectivity index (χ3n) is 4.82. The van der Waals surface area contributed by atoms with Crippen LogP contribution in [0.25, 0.3) is 0 Å². The molecule has 1 fully saturated rings. The number of hydrogen-bond acceptors (Lipinski definition) is 2. The lowest BCUT2D eigenvalue weighted by Crippen LogP contribution is -2.53. The zero-order chi connectivity index (χ0) is 13.3. The summed E-state index contributed by atoms with van der Waals surface area (Å²) in [6.45, 7) is 10.3. The van der Waals surface area contributed by atoms with Gasteiger partial charge in [-0.05, 0) is 57.4 Å². The van der Waals surface area contributed by atoms with E-state index in [0.29, 0.717) is 18.0 Å². The molecule has 1 aliphatic heterocycles. The molecule has 18 heavy (non-hydrogen) atoms. The lowest BCUT2D eigenvalue weighted by Gasteiger charge is -2.44. The average Bonchev–Trinajstić information content (AvgIpc) is 2.37. The fourth-order valence-corrected chi connectivity index (χ4v) is 3.16. The van der Waals surface area contributed by atoms with E-state index in [-0.39, 0.29) is 0 Å². The Bertz CT molecular complexity index is 414. The molecule has 0 radical (unpaired) electrons. The van der Waals surface area contributed by atoms with Gasteiger partial charge in [-0.15, -0.1) is 0 Å². The van der Waals surface area contributed by atoms with E-state index >= 15 is 0 Å². The van der Waals surface area contributed by atoms with Gasteiger partial charge in [0.2, 0.25) is 0 Å². The Kier molecular flexibility index (Phi) is 3.96. The van der Waals surface area contributed by atoms with Gasteiger partial charge in [-0.3, -0.25) is 0 Å². The van der Waals surface area contributed by atoms with E-state index in [0.717, 1.165) is 6.54 Å². The molecule has 1 aromatic carbocycles. The molecular weight excluding hydrogens is 220 g/mol. The van der Waals surface area contributed by atoms with Crippen molar-refractivity contribution in [3.63, 3.8) is 0 Å². The Morgan fingerprint density at radius 1 is 1.22 bits per heavy atom. The molecule has 1 N–H and O–H groups in total. The molecule has 1 heterocycles. The molecule has 0 bridgehead atoms. The SMILES string of the molecule is CNC1CCN(c2cccc(C)c2C)C(C)C1C. The highest BCUT2D eigenvalue weighted by atomic mass is 15.2. The Morgan fingerprint density at radius 3 is 2.61 bits per heavy atom. The third kappa shape index (κ3) is 2.26. The van der Waals surface area contributed by atoms with Crippen LogP contribution in [0, 0.1) is 19.8 Å². The normalized spacial score (nSPS) is 28.5. The number of nitrogens with one attached hydrogen (secondary N) is 1. The second-order valence-corrected chi connectivity index (χ2v) is 5.70. The van der Waals surface area contributed by atoms with Crippen LogP contribution in [0.1, 0.15) is 31.4 Å². The summed E-state index contributed by atoms with van der Waals surface area (Å²) in [5.74, 6) is 0.684. The van der Waals surface area contributed by atoms with E-state index < -0.39 is 0 Å². The first-order valence-corrected chi connectivity index (χ1v) is 7.06. The van der Waals surface area contributed by atoms with Crippen LogP contribution >= 0.6 is 0 Å². The van der Waals surface area contributed by atoms with Crippen LogP contribution in [0.2, 0.25) is 0 Å². The summed E-state index contributed by atoms with van der Waals surface area (Å²) in [6, 6.07) is 7.90. The third-order valence-corrected chi connectivity index (χ3v) is 4.82. The molecule has 1 aromatic rings.